The first-order valence-corrected chi connectivity index (χ1v) is 13.3. The molecule has 0 saturated carbocycles. The van der Waals surface area contributed by atoms with Crippen molar-refractivity contribution in [1.82, 2.24) is 0 Å². The van der Waals surface area contributed by atoms with Gasteiger partial charge in [-0.25, -0.2) is 0 Å². The van der Waals surface area contributed by atoms with Crippen molar-refractivity contribution >= 4 is 77.6 Å². The van der Waals surface area contributed by atoms with Gasteiger partial charge in [0, 0.05) is 16.2 Å². The van der Waals surface area contributed by atoms with Gasteiger partial charge in [0.05, 0.1) is 11.2 Å². The lowest BCUT2D eigenvalue weighted by Gasteiger charge is -2.32. The van der Waals surface area contributed by atoms with Gasteiger partial charge in [0.25, 0.3) is 0 Å². The number of hydrogen-bond acceptors (Lipinski definition) is 3. The van der Waals surface area contributed by atoms with E-state index in [1.54, 1.807) is 0 Å². The third-order valence-electron chi connectivity index (χ3n) is 8.88. The summed E-state index contributed by atoms with van der Waals surface area (Å²) >= 11 is 0. The van der Waals surface area contributed by atoms with Gasteiger partial charge in [-0.3, -0.25) is 0 Å². The fourth-order valence-electron chi connectivity index (χ4n) is 6.18. The molecular formula is C34H27BO3. The van der Waals surface area contributed by atoms with Crippen LogP contribution in [0.5, 0.6) is 0 Å². The summed E-state index contributed by atoms with van der Waals surface area (Å²) in [7, 11) is -0.410. The van der Waals surface area contributed by atoms with Crippen molar-refractivity contribution < 1.29 is 13.7 Å². The molecule has 1 aliphatic heterocycles. The van der Waals surface area contributed by atoms with E-state index in [-0.39, 0.29) is 11.2 Å². The zero-order valence-corrected chi connectivity index (χ0v) is 22.0. The van der Waals surface area contributed by atoms with E-state index < -0.39 is 7.12 Å². The maximum Gasteiger partial charge on any atom is 0.494 e. The molecule has 0 radical (unpaired) electrons. The highest BCUT2D eigenvalue weighted by Crippen LogP contribution is 2.43. The zero-order valence-electron chi connectivity index (χ0n) is 22.0. The predicted molar refractivity (Wildman–Crippen MR) is 159 cm³/mol. The fraction of sp³-hybridized carbons (Fsp3) is 0.176. The Bertz CT molecular complexity index is 2080. The molecule has 8 rings (SSSR count). The van der Waals surface area contributed by atoms with Crippen LogP contribution in [0.3, 0.4) is 0 Å². The van der Waals surface area contributed by atoms with Crippen molar-refractivity contribution in [3.05, 3.63) is 91.0 Å². The van der Waals surface area contributed by atoms with Gasteiger partial charge < -0.3 is 13.7 Å². The lowest BCUT2D eigenvalue weighted by Crippen LogP contribution is -2.41. The van der Waals surface area contributed by atoms with Gasteiger partial charge in [0.1, 0.15) is 11.2 Å². The monoisotopic (exact) mass is 494 g/mol. The maximum absolute atomic E-state index is 6.67. The van der Waals surface area contributed by atoms with Crippen LogP contribution in [0, 0.1) is 0 Å². The minimum absolute atomic E-state index is 0.388. The van der Waals surface area contributed by atoms with Gasteiger partial charge in [-0.2, -0.15) is 0 Å². The Morgan fingerprint density at radius 1 is 0.526 bits per heavy atom. The molecule has 1 fully saturated rings. The Hall–Kier alpha value is -3.86. The number of furan rings is 1. The second kappa shape index (κ2) is 7.38. The quantitative estimate of drug-likeness (QED) is 0.169. The van der Waals surface area contributed by atoms with Crippen LogP contribution in [-0.4, -0.2) is 18.3 Å². The largest absolute Gasteiger partial charge is 0.494 e. The number of fused-ring (bicyclic) bond motifs is 12. The molecule has 4 heteroatoms. The third-order valence-corrected chi connectivity index (χ3v) is 8.88. The van der Waals surface area contributed by atoms with Crippen molar-refractivity contribution in [2.24, 2.45) is 0 Å². The second-order valence-electron chi connectivity index (χ2n) is 11.6. The summed E-state index contributed by atoms with van der Waals surface area (Å²) in [4.78, 5) is 0. The van der Waals surface area contributed by atoms with Crippen LogP contribution in [0.25, 0.3) is 65.0 Å². The van der Waals surface area contributed by atoms with Crippen LogP contribution in [0.1, 0.15) is 27.7 Å². The lowest BCUT2D eigenvalue weighted by atomic mass is 9.77. The molecule has 1 aromatic heterocycles. The molecule has 0 atom stereocenters. The number of benzene rings is 6. The van der Waals surface area contributed by atoms with Crippen molar-refractivity contribution in [3.63, 3.8) is 0 Å². The molecule has 184 valence electrons. The van der Waals surface area contributed by atoms with Gasteiger partial charge in [-0.05, 0) is 83.0 Å². The third kappa shape index (κ3) is 2.87. The predicted octanol–water partition coefficient (Wildman–Crippen LogP) is 8.50. The fourth-order valence-corrected chi connectivity index (χ4v) is 6.18. The molecule has 0 aliphatic carbocycles. The van der Waals surface area contributed by atoms with E-state index in [1.807, 2.05) is 0 Å². The molecule has 0 amide bonds. The molecule has 0 bridgehead atoms. The maximum atomic E-state index is 6.67. The molecule has 3 nitrogen and oxygen atoms in total. The Balaban J connectivity index is 1.48. The standard InChI is InChI=1S/C34H27BO3/c1-33(2)34(3,4)38-35(37-33)21-14-15-26-28(19-21)24-12-8-7-11-23(24)25-16-17-27-30-22-10-6-5-9-20(22)13-18-29(30)36-32(27)31(25)26/h5-19H,1-4H3. The van der Waals surface area contributed by atoms with E-state index in [2.05, 4.69) is 119 Å². The van der Waals surface area contributed by atoms with Gasteiger partial charge in [-0.15, -0.1) is 0 Å². The average Bonchev–Trinajstić information content (AvgIpc) is 3.41. The van der Waals surface area contributed by atoms with Gasteiger partial charge in [0.2, 0.25) is 0 Å². The molecule has 6 aromatic carbocycles. The van der Waals surface area contributed by atoms with Crippen LogP contribution in [-0.2, 0) is 9.31 Å². The molecule has 7 aromatic rings. The van der Waals surface area contributed by atoms with Crippen LogP contribution in [0.2, 0.25) is 0 Å². The first kappa shape index (κ1) is 22.2. The molecule has 2 heterocycles. The Kier molecular flexibility index (Phi) is 4.30. The lowest BCUT2D eigenvalue weighted by molar-refractivity contribution is 0.00578. The number of hydrogen-bond donors (Lipinski definition) is 0. The summed E-state index contributed by atoms with van der Waals surface area (Å²) in [6.07, 6.45) is 0. The second-order valence-corrected chi connectivity index (χ2v) is 11.6. The smallest absolute Gasteiger partial charge is 0.455 e. The zero-order chi connectivity index (χ0) is 25.8. The van der Waals surface area contributed by atoms with E-state index in [1.165, 1.54) is 43.1 Å². The minimum atomic E-state index is -0.410. The van der Waals surface area contributed by atoms with Gasteiger partial charge in [-0.1, -0.05) is 78.9 Å². The first-order valence-electron chi connectivity index (χ1n) is 13.3. The molecule has 0 N–H and O–H groups in total. The highest BCUT2D eigenvalue weighted by Gasteiger charge is 2.51. The van der Waals surface area contributed by atoms with Crippen LogP contribution >= 0.6 is 0 Å². The SMILES string of the molecule is CC1(C)OB(c2ccc3c(c2)c2ccccc2c2ccc4c(oc5ccc6ccccc6c54)c23)OC1(C)C. The summed E-state index contributed by atoms with van der Waals surface area (Å²) in [5, 5.41) is 11.9. The summed E-state index contributed by atoms with van der Waals surface area (Å²) in [5.41, 5.74) is 2.11. The van der Waals surface area contributed by atoms with E-state index in [4.69, 9.17) is 13.7 Å². The highest BCUT2D eigenvalue weighted by atomic mass is 16.7. The van der Waals surface area contributed by atoms with E-state index in [0.29, 0.717) is 0 Å². The van der Waals surface area contributed by atoms with E-state index >= 15 is 0 Å². The van der Waals surface area contributed by atoms with Gasteiger partial charge in [0.15, 0.2) is 0 Å². The van der Waals surface area contributed by atoms with Crippen LogP contribution < -0.4 is 5.46 Å². The minimum Gasteiger partial charge on any atom is -0.455 e. The van der Waals surface area contributed by atoms with E-state index in [9.17, 15) is 0 Å². The van der Waals surface area contributed by atoms with Crippen LogP contribution in [0.4, 0.5) is 0 Å². The van der Waals surface area contributed by atoms with Crippen molar-refractivity contribution in [3.8, 4) is 0 Å². The normalized spacial score (nSPS) is 17.1. The molecule has 1 aliphatic rings. The topological polar surface area (TPSA) is 31.6 Å². The summed E-state index contributed by atoms with van der Waals surface area (Å²) < 4.78 is 19.5. The summed E-state index contributed by atoms with van der Waals surface area (Å²) in [6, 6.07) is 32.5. The molecule has 1 saturated heterocycles. The Labute approximate surface area is 221 Å². The molecular weight excluding hydrogens is 467 g/mol. The van der Waals surface area contributed by atoms with Gasteiger partial charge >= 0.3 is 7.12 Å². The Morgan fingerprint density at radius 2 is 1.13 bits per heavy atom. The highest BCUT2D eigenvalue weighted by molar-refractivity contribution is 6.62. The molecule has 0 spiro atoms. The average molecular weight is 494 g/mol. The molecule has 0 unspecified atom stereocenters. The van der Waals surface area contributed by atoms with E-state index in [0.717, 1.165) is 27.4 Å². The van der Waals surface area contributed by atoms with Crippen molar-refractivity contribution in [2.75, 3.05) is 0 Å². The van der Waals surface area contributed by atoms with Crippen molar-refractivity contribution in [1.29, 1.82) is 0 Å². The molecule has 38 heavy (non-hydrogen) atoms. The number of rotatable bonds is 1. The summed E-state index contributed by atoms with van der Waals surface area (Å²) in [6.45, 7) is 8.38. The first-order chi connectivity index (χ1) is 18.3. The summed E-state index contributed by atoms with van der Waals surface area (Å²) in [5.74, 6) is 0. The Morgan fingerprint density at radius 3 is 1.89 bits per heavy atom. The van der Waals surface area contributed by atoms with Crippen molar-refractivity contribution in [2.45, 2.75) is 38.9 Å². The van der Waals surface area contributed by atoms with Crippen LogP contribution in [0.15, 0.2) is 95.4 Å².